The van der Waals surface area contributed by atoms with E-state index >= 15 is 0 Å². The van der Waals surface area contributed by atoms with E-state index in [1.807, 2.05) is 12.1 Å². The van der Waals surface area contributed by atoms with E-state index in [0.29, 0.717) is 24.3 Å². The molecule has 0 atom stereocenters. The number of halogens is 1. The Balaban J connectivity index is 1.66. The number of carbonyl (C=O) groups excluding carboxylic acids is 1. The molecule has 0 saturated heterocycles. The van der Waals surface area contributed by atoms with Crippen LogP contribution in [0.2, 0.25) is 5.02 Å². The van der Waals surface area contributed by atoms with Crippen LogP contribution in [0.25, 0.3) is 16.6 Å². The third kappa shape index (κ3) is 4.08. The van der Waals surface area contributed by atoms with Crippen molar-refractivity contribution in [1.82, 2.24) is 9.55 Å². The number of amides is 1. The zero-order valence-corrected chi connectivity index (χ0v) is 20.7. The number of rotatable bonds is 4. The topological polar surface area (TPSA) is 121 Å². The number of aryl methyl sites for hydroxylation is 1. The second-order valence-corrected chi connectivity index (χ2v) is 10.7. The maximum Gasteiger partial charge on any atom is 0.333 e. The quantitative estimate of drug-likeness (QED) is 0.423. The van der Waals surface area contributed by atoms with Crippen molar-refractivity contribution in [3.8, 4) is 5.69 Å². The number of para-hydroxylation sites is 1. The summed E-state index contributed by atoms with van der Waals surface area (Å²) >= 11 is 6.36. The summed E-state index contributed by atoms with van der Waals surface area (Å²) in [5, 5.41) is 2.74. The summed E-state index contributed by atoms with van der Waals surface area (Å²) in [7, 11) is -4.01. The highest BCUT2D eigenvalue weighted by Gasteiger charge is 2.30. The van der Waals surface area contributed by atoms with Crippen molar-refractivity contribution in [3.05, 3.63) is 92.1 Å². The number of nitrogens with one attached hydrogen (secondary N) is 2. The molecule has 3 aromatic carbocycles. The Hall–Kier alpha value is -3.89. The first-order valence-electron chi connectivity index (χ1n) is 11.1. The highest BCUT2D eigenvalue weighted by Crippen LogP contribution is 2.33. The molecule has 1 aliphatic heterocycles. The number of hydrogen-bond acceptors (Lipinski definition) is 5. The first kappa shape index (κ1) is 23.8. The standard InChI is InChI=1S/C25H21ClN4O5S/c1-15(31)27-17-8-11-21-19(13-17)24(32)30(25(33)28-21)23-14-18(9-10-20(23)26)36(34,35)29-12-4-6-16-5-2-3-7-22(16)29/h2-3,5,7-11,13-14H,4,6,12H2,1H3,(H,27,31)(H,28,33). The number of sulfonamides is 1. The minimum atomic E-state index is -4.01. The Labute approximate surface area is 211 Å². The predicted octanol–water partition coefficient (Wildman–Crippen LogP) is 3.43. The van der Waals surface area contributed by atoms with Gasteiger partial charge in [-0.3, -0.25) is 13.9 Å². The van der Waals surface area contributed by atoms with E-state index in [9.17, 15) is 22.8 Å². The molecule has 2 heterocycles. The van der Waals surface area contributed by atoms with Gasteiger partial charge in [0.25, 0.3) is 15.6 Å². The number of carbonyl (C=O) groups is 1. The fraction of sp³-hybridized carbons (Fsp3) is 0.160. The predicted molar refractivity (Wildman–Crippen MR) is 139 cm³/mol. The van der Waals surface area contributed by atoms with Crippen molar-refractivity contribution >= 4 is 49.8 Å². The van der Waals surface area contributed by atoms with E-state index in [2.05, 4.69) is 10.3 Å². The maximum atomic E-state index is 13.6. The normalized spacial score (nSPS) is 13.4. The van der Waals surface area contributed by atoms with Gasteiger partial charge in [0.2, 0.25) is 5.91 Å². The van der Waals surface area contributed by atoms with Crippen LogP contribution < -0.4 is 20.9 Å². The van der Waals surface area contributed by atoms with Crippen LogP contribution in [-0.4, -0.2) is 30.4 Å². The Bertz CT molecular complexity index is 1760. The molecule has 184 valence electrons. The molecule has 0 bridgehead atoms. The molecule has 1 aromatic heterocycles. The molecule has 1 amide bonds. The summed E-state index contributed by atoms with van der Waals surface area (Å²) in [4.78, 5) is 40.2. The Morgan fingerprint density at radius 2 is 1.81 bits per heavy atom. The molecule has 11 heteroatoms. The molecule has 0 radical (unpaired) electrons. The number of anilines is 2. The van der Waals surface area contributed by atoms with Gasteiger partial charge < -0.3 is 10.3 Å². The van der Waals surface area contributed by atoms with Crippen LogP contribution in [0.5, 0.6) is 0 Å². The first-order valence-corrected chi connectivity index (χ1v) is 13.0. The van der Waals surface area contributed by atoms with Gasteiger partial charge in [-0.05, 0) is 60.9 Å². The highest BCUT2D eigenvalue weighted by atomic mass is 35.5. The van der Waals surface area contributed by atoms with Crippen LogP contribution in [-0.2, 0) is 21.2 Å². The molecule has 1 aliphatic rings. The zero-order valence-electron chi connectivity index (χ0n) is 19.1. The molecule has 36 heavy (non-hydrogen) atoms. The molecule has 0 saturated carbocycles. The molecule has 2 N–H and O–H groups in total. The largest absolute Gasteiger partial charge is 0.333 e. The van der Waals surface area contributed by atoms with Gasteiger partial charge in [-0.15, -0.1) is 0 Å². The van der Waals surface area contributed by atoms with Crippen molar-refractivity contribution in [2.75, 3.05) is 16.2 Å². The lowest BCUT2D eigenvalue weighted by Crippen LogP contribution is -2.36. The summed E-state index contributed by atoms with van der Waals surface area (Å²) in [5.41, 5.74) is 0.614. The van der Waals surface area contributed by atoms with E-state index in [1.54, 1.807) is 18.2 Å². The number of nitrogens with zero attached hydrogens (tertiary/aromatic N) is 2. The summed E-state index contributed by atoms with van der Waals surface area (Å²) in [6, 6.07) is 15.7. The molecule has 4 aromatic rings. The van der Waals surface area contributed by atoms with Crippen LogP contribution in [0.3, 0.4) is 0 Å². The summed E-state index contributed by atoms with van der Waals surface area (Å²) < 4.78 is 29.4. The van der Waals surface area contributed by atoms with E-state index < -0.39 is 21.3 Å². The minimum absolute atomic E-state index is 0.0259. The van der Waals surface area contributed by atoms with Gasteiger partial charge in [0.05, 0.1) is 32.2 Å². The van der Waals surface area contributed by atoms with Gasteiger partial charge in [-0.1, -0.05) is 29.8 Å². The molecule has 0 aliphatic carbocycles. The lowest BCUT2D eigenvalue weighted by atomic mass is 10.0. The van der Waals surface area contributed by atoms with Crippen molar-refractivity contribution in [3.63, 3.8) is 0 Å². The Morgan fingerprint density at radius 1 is 1.03 bits per heavy atom. The molecular formula is C25H21ClN4O5S. The number of benzene rings is 3. The SMILES string of the molecule is CC(=O)Nc1ccc2[nH]c(=O)n(-c3cc(S(=O)(=O)N4CCCc5ccccc54)ccc3Cl)c(=O)c2c1. The second kappa shape index (κ2) is 8.96. The second-order valence-electron chi connectivity index (χ2n) is 8.43. The van der Waals surface area contributed by atoms with E-state index in [4.69, 9.17) is 11.6 Å². The van der Waals surface area contributed by atoms with Gasteiger partial charge >= 0.3 is 5.69 Å². The molecule has 0 fully saturated rings. The third-order valence-electron chi connectivity index (χ3n) is 6.03. The van der Waals surface area contributed by atoms with Crippen molar-refractivity contribution in [2.24, 2.45) is 0 Å². The van der Waals surface area contributed by atoms with Crippen LogP contribution in [0.1, 0.15) is 18.9 Å². The molecule has 9 nitrogen and oxygen atoms in total. The van der Waals surface area contributed by atoms with E-state index in [1.165, 1.54) is 41.6 Å². The lowest BCUT2D eigenvalue weighted by Gasteiger charge is -2.30. The number of aromatic amines is 1. The fourth-order valence-corrected chi connectivity index (χ4v) is 6.18. The third-order valence-corrected chi connectivity index (χ3v) is 8.16. The van der Waals surface area contributed by atoms with Crippen molar-refractivity contribution in [2.45, 2.75) is 24.7 Å². The maximum absolute atomic E-state index is 13.6. The number of hydrogen-bond donors (Lipinski definition) is 2. The summed E-state index contributed by atoms with van der Waals surface area (Å²) in [5.74, 6) is -0.320. The summed E-state index contributed by atoms with van der Waals surface area (Å²) in [6.45, 7) is 1.64. The summed E-state index contributed by atoms with van der Waals surface area (Å²) in [6.07, 6.45) is 1.44. The molecular weight excluding hydrogens is 504 g/mol. The molecule has 0 spiro atoms. The van der Waals surface area contributed by atoms with Crippen molar-refractivity contribution < 1.29 is 13.2 Å². The Morgan fingerprint density at radius 3 is 2.58 bits per heavy atom. The average Bonchev–Trinajstić information content (AvgIpc) is 2.84. The van der Waals surface area contributed by atoms with Crippen LogP contribution >= 0.6 is 11.6 Å². The van der Waals surface area contributed by atoms with Gasteiger partial charge in [0.15, 0.2) is 0 Å². The Kier molecular flexibility index (Phi) is 5.93. The number of fused-ring (bicyclic) bond motifs is 2. The van der Waals surface area contributed by atoms with Crippen LogP contribution in [0.15, 0.2) is 75.1 Å². The first-order chi connectivity index (χ1) is 17.2. The minimum Gasteiger partial charge on any atom is -0.326 e. The zero-order chi connectivity index (χ0) is 25.6. The smallest absolute Gasteiger partial charge is 0.326 e. The monoisotopic (exact) mass is 524 g/mol. The fourth-order valence-electron chi connectivity index (χ4n) is 4.41. The van der Waals surface area contributed by atoms with Crippen LogP contribution in [0, 0.1) is 0 Å². The van der Waals surface area contributed by atoms with Gasteiger partial charge in [0, 0.05) is 19.2 Å². The molecule has 0 unspecified atom stereocenters. The van der Waals surface area contributed by atoms with Crippen molar-refractivity contribution in [1.29, 1.82) is 0 Å². The molecule has 5 rings (SSSR count). The number of aromatic nitrogens is 2. The van der Waals surface area contributed by atoms with Gasteiger partial charge in [-0.25, -0.2) is 17.8 Å². The van der Waals surface area contributed by atoms with Crippen LogP contribution in [0.4, 0.5) is 11.4 Å². The van der Waals surface area contributed by atoms with Gasteiger partial charge in [-0.2, -0.15) is 0 Å². The highest BCUT2D eigenvalue weighted by molar-refractivity contribution is 7.92. The van der Waals surface area contributed by atoms with E-state index in [-0.39, 0.29) is 32.4 Å². The average molecular weight is 525 g/mol. The number of H-pyrrole nitrogens is 1. The van der Waals surface area contributed by atoms with E-state index in [0.717, 1.165) is 16.6 Å². The lowest BCUT2D eigenvalue weighted by molar-refractivity contribution is -0.114. The van der Waals surface area contributed by atoms with Gasteiger partial charge in [0.1, 0.15) is 0 Å².